The van der Waals surface area contributed by atoms with E-state index in [9.17, 15) is 4.79 Å². The Hall–Kier alpha value is -2.07. The standard InChI is InChI=1S/C15H16ClN3O/c1-3-19(12-6-4-5-10(2)7-12)15(20)11-8-13(16)14(17)18-9-11/h4-9H,3H2,1-2H3,(H2,17,18). The number of rotatable bonds is 3. The fourth-order valence-corrected chi connectivity index (χ4v) is 2.13. The largest absolute Gasteiger partial charge is 0.382 e. The predicted molar refractivity (Wildman–Crippen MR) is 82.2 cm³/mol. The molecule has 1 aromatic heterocycles. The maximum atomic E-state index is 12.5. The quantitative estimate of drug-likeness (QED) is 0.943. The van der Waals surface area contributed by atoms with Crippen molar-refractivity contribution in [2.45, 2.75) is 13.8 Å². The van der Waals surface area contributed by atoms with Crippen LogP contribution in [-0.2, 0) is 0 Å². The van der Waals surface area contributed by atoms with E-state index in [1.165, 1.54) is 6.20 Å². The SMILES string of the molecule is CCN(C(=O)c1cnc(N)c(Cl)c1)c1cccc(C)c1. The highest BCUT2D eigenvalue weighted by atomic mass is 35.5. The summed E-state index contributed by atoms with van der Waals surface area (Å²) in [6.07, 6.45) is 1.45. The number of halogens is 1. The van der Waals surface area contributed by atoms with Crippen molar-refractivity contribution in [2.24, 2.45) is 0 Å². The Morgan fingerprint density at radius 2 is 2.15 bits per heavy atom. The first kappa shape index (κ1) is 14.3. The molecule has 0 aliphatic carbocycles. The average molecular weight is 290 g/mol. The van der Waals surface area contributed by atoms with E-state index in [1.54, 1.807) is 11.0 Å². The summed E-state index contributed by atoms with van der Waals surface area (Å²) in [5, 5.41) is 0.288. The Balaban J connectivity index is 2.36. The van der Waals surface area contributed by atoms with Crippen molar-refractivity contribution in [1.29, 1.82) is 0 Å². The van der Waals surface area contributed by atoms with Crippen LogP contribution in [0.2, 0.25) is 5.02 Å². The molecule has 0 unspecified atom stereocenters. The fourth-order valence-electron chi connectivity index (χ4n) is 1.96. The van der Waals surface area contributed by atoms with E-state index in [2.05, 4.69) is 4.98 Å². The average Bonchev–Trinajstić information content (AvgIpc) is 2.42. The highest BCUT2D eigenvalue weighted by molar-refractivity contribution is 6.33. The van der Waals surface area contributed by atoms with E-state index in [0.717, 1.165) is 11.3 Å². The minimum absolute atomic E-state index is 0.146. The summed E-state index contributed by atoms with van der Waals surface area (Å²) in [6.45, 7) is 4.47. The number of hydrogen-bond donors (Lipinski definition) is 1. The molecule has 2 rings (SSSR count). The number of aryl methyl sites for hydroxylation is 1. The normalized spacial score (nSPS) is 10.3. The second-order valence-electron chi connectivity index (χ2n) is 4.48. The minimum Gasteiger partial charge on any atom is -0.382 e. The monoisotopic (exact) mass is 289 g/mol. The maximum Gasteiger partial charge on any atom is 0.259 e. The second kappa shape index (κ2) is 5.92. The third-order valence-corrected chi connectivity index (χ3v) is 3.29. The molecule has 0 saturated carbocycles. The van der Waals surface area contributed by atoms with Gasteiger partial charge in [0.2, 0.25) is 0 Å². The zero-order chi connectivity index (χ0) is 14.7. The number of benzene rings is 1. The van der Waals surface area contributed by atoms with Gasteiger partial charge in [-0.15, -0.1) is 0 Å². The maximum absolute atomic E-state index is 12.5. The Bertz CT molecular complexity index is 643. The molecule has 104 valence electrons. The van der Waals surface area contributed by atoms with Crippen LogP contribution in [0.5, 0.6) is 0 Å². The van der Waals surface area contributed by atoms with Gasteiger partial charge < -0.3 is 10.6 Å². The van der Waals surface area contributed by atoms with Crippen LogP contribution in [0.4, 0.5) is 11.5 Å². The highest BCUT2D eigenvalue weighted by Gasteiger charge is 2.17. The smallest absolute Gasteiger partial charge is 0.259 e. The molecule has 0 radical (unpaired) electrons. The number of pyridine rings is 1. The van der Waals surface area contributed by atoms with Gasteiger partial charge in [0, 0.05) is 18.4 Å². The summed E-state index contributed by atoms with van der Waals surface area (Å²) in [5.74, 6) is 0.0781. The Kier molecular flexibility index (Phi) is 4.25. The van der Waals surface area contributed by atoms with Crippen molar-refractivity contribution in [3.05, 3.63) is 52.7 Å². The van der Waals surface area contributed by atoms with Crippen LogP contribution < -0.4 is 10.6 Å². The molecule has 1 heterocycles. The molecular weight excluding hydrogens is 274 g/mol. The van der Waals surface area contributed by atoms with E-state index >= 15 is 0 Å². The molecule has 1 aromatic carbocycles. The lowest BCUT2D eigenvalue weighted by atomic mass is 10.2. The van der Waals surface area contributed by atoms with Crippen molar-refractivity contribution in [2.75, 3.05) is 17.2 Å². The Morgan fingerprint density at radius 1 is 1.40 bits per heavy atom. The van der Waals surface area contributed by atoms with E-state index in [1.807, 2.05) is 38.1 Å². The number of carbonyl (C=O) groups is 1. The molecule has 2 N–H and O–H groups in total. The van der Waals surface area contributed by atoms with Gasteiger partial charge in [-0.3, -0.25) is 4.79 Å². The number of nitrogens with zero attached hydrogens (tertiary/aromatic N) is 2. The number of carbonyl (C=O) groups excluding carboxylic acids is 1. The van der Waals surface area contributed by atoms with Crippen LogP contribution in [-0.4, -0.2) is 17.4 Å². The zero-order valence-electron chi connectivity index (χ0n) is 11.4. The molecule has 0 fully saturated rings. The van der Waals surface area contributed by atoms with Gasteiger partial charge in [0.1, 0.15) is 5.82 Å². The number of aromatic nitrogens is 1. The summed E-state index contributed by atoms with van der Waals surface area (Å²) >= 11 is 5.92. The van der Waals surface area contributed by atoms with Gasteiger partial charge in [-0.25, -0.2) is 4.98 Å². The van der Waals surface area contributed by atoms with Gasteiger partial charge >= 0.3 is 0 Å². The molecule has 0 saturated heterocycles. The van der Waals surface area contributed by atoms with Crippen molar-refractivity contribution in [3.63, 3.8) is 0 Å². The molecule has 0 aliphatic rings. The number of nitrogen functional groups attached to an aromatic ring is 1. The third-order valence-electron chi connectivity index (χ3n) is 2.99. The Morgan fingerprint density at radius 3 is 2.75 bits per heavy atom. The fraction of sp³-hybridized carbons (Fsp3) is 0.200. The van der Waals surface area contributed by atoms with Crippen molar-refractivity contribution in [3.8, 4) is 0 Å². The number of nitrogens with two attached hydrogens (primary N) is 1. The van der Waals surface area contributed by atoms with Gasteiger partial charge in [0.05, 0.1) is 10.6 Å². The topological polar surface area (TPSA) is 59.2 Å². The van der Waals surface area contributed by atoms with E-state index in [-0.39, 0.29) is 16.7 Å². The molecular formula is C15H16ClN3O. The first-order valence-corrected chi connectivity index (χ1v) is 6.70. The third kappa shape index (κ3) is 2.91. The van der Waals surface area contributed by atoms with Crippen LogP contribution in [0, 0.1) is 6.92 Å². The Labute approximate surface area is 123 Å². The first-order chi connectivity index (χ1) is 9.52. The lowest BCUT2D eigenvalue weighted by Crippen LogP contribution is -2.30. The number of hydrogen-bond acceptors (Lipinski definition) is 3. The molecule has 0 spiro atoms. The molecule has 20 heavy (non-hydrogen) atoms. The van der Waals surface area contributed by atoms with Crippen LogP contribution in [0.25, 0.3) is 0 Å². The molecule has 0 bridgehead atoms. The van der Waals surface area contributed by atoms with Gasteiger partial charge in [-0.2, -0.15) is 0 Å². The zero-order valence-corrected chi connectivity index (χ0v) is 12.2. The second-order valence-corrected chi connectivity index (χ2v) is 4.89. The molecule has 4 nitrogen and oxygen atoms in total. The van der Waals surface area contributed by atoms with Gasteiger partial charge in [-0.1, -0.05) is 23.7 Å². The highest BCUT2D eigenvalue weighted by Crippen LogP contribution is 2.21. The summed E-state index contributed by atoms with van der Waals surface area (Å²) in [7, 11) is 0. The predicted octanol–water partition coefficient (Wildman–Crippen LogP) is 3.29. The summed E-state index contributed by atoms with van der Waals surface area (Å²) in [6, 6.07) is 9.33. The summed E-state index contributed by atoms with van der Waals surface area (Å²) in [5.41, 5.74) is 7.94. The molecule has 2 aromatic rings. The van der Waals surface area contributed by atoms with Crippen LogP contribution >= 0.6 is 11.6 Å². The van der Waals surface area contributed by atoms with Gasteiger partial charge in [0.25, 0.3) is 5.91 Å². The molecule has 0 atom stereocenters. The van der Waals surface area contributed by atoms with Crippen LogP contribution in [0.15, 0.2) is 36.5 Å². The van der Waals surface area contributed by atoms with E-state index in [4.69, 9.17) is 17.3 Å². The van der Waals surface area contributed by atoms with Gasteiger partial charge in [-0.05, 0) is 37.6 Å². The molecule has 1 amide bonds. The van der Waals surface area contributed by atoms with Gasteiger partial charge in [0.15, 0.2) is 0 Å². The molecule has 5 heteroatoms. The molecule has 0 aliphatic heterocycles. The van der Waals surface area contributed by atoms with Crippen molar-refractivity contribution >= 4 is 29.0 Å². The number of anilines is 2. The minimum atomic E-state index is -0.146. The van der Waals surface area contributed by atoms with Crippen LogP contribution in [0.1, 0.15) is 22.8 Å². The first-order valence-electron chi connectivity index (χ1n) is 6.32. The summed E-state index contributed by atoms with van der Waals surface area (Å²) in [4.78, 5) is 18.1. The van der Waals surface area contributed by atoms with E-state index < -0.39 is 0 Å². The van der Waals surface area contributed by atoms with Crippen molar-refractivity contribution < 1.29 is 4.79 Å². The number of amides is 1. The lowest BCUT2D eigenvalue weighted by molar-refractivity contribution is 0.0988. The van der Waals surface area contributed by atoms with Crippen LogP contribution in [0.3, 0.4) is 0 Å². The van der Waals surface area contributed by atoms with E-state index in [0.29, 0.717) is 12.1 Å². The summed E-state index contributed by atoms with van der Waals surface area (Å²) < 4.78 is 0. The van der Waals surface area contributed by atoms with Crippen molar-refractivity contribution in [1.82, 2.24) is 4.98 Å². The lowest BCUT2D eigenvalue weighted by Gasteiger charge is -2.21.